The van der Waals surface area contributed by atoms with Crippen LogP contribution in [-0.4, -0.2) is 34.7 Å². The van der Waals surface area contributed by atoms with Crippen LogP contribution in [0.4, 0.5) is 5.69 Å². The van der Waals surface area contributed by atoms with E-state index in [0.717, 1.165) is 18.2 Å². The maximum atomic E-state index is 13.1. The van der Waals surface area contributed by atoms with E-state index < -0.39 is 29.1 Å². The lowest BCUT2D eigenvalue weighted by Crippen LogP contribution is -2.38. The van der Waals surface area contributed by atoms with Gasteiger partial charge in [0, 0.05) is 12.1 Å². The molecule has 0 fully saturated rings. The summed E-state index contributed by atoms with van der Waals surface area (Å²) in [4.78, 5) is 57.9. The number of aryl methyl sites for hydroxylation is 1. The second kappa shape index (κ2) is 10.2. The number of hydrogen-bond acceptors (Lipinski definition) is 6. The van der Waals surface area contributed by atoms with Crippen LogP contribution in [-0.2, 0) is 32.0 Å². The fraction of sp³-hybridized carbons (Fsp3) is 0.320. The van der Waals surface area contributed by atoms with Gasteiger partial charge in [0.2, 0.25) is 5.78 Å². The Balaban J connectivity index is 1.92. The minimum atomic E-state index is -1.50. The Morgan fingerprint density at radius 2 is 1.82 bits per heavy atom. The molecular weight excluding hydrogens is 422 g/mol. The molecule has 8 heteroatoms. The van der Waals surface area contributed by atoms with Crippen molar-refractivity contribution in [1.29, 1.82) is 0 Å². The number of carbonyl (C=O) groups is 3. The van der Waals surface area contributed by atoms with E-state index in [2.05, 4.69) is 15.3 Å². The van der Waals surface area contributed by atoms with Gasteiger partial charge in [0.1, 0.15) is 11.6 Å². The summed E-state index contributed by atoms with van der Waals surface area (Å²) in [6, 6.07) is 12.6. The molecule has 0 saturated heterocycles. The monoisotopic (exact) mass is 449 g/mol. The van der Waals surface area contributed by atoms with Gasteiger partial charge < -0.3 is 15.0 Å². The molecule has 0 saturated carbocycles. The van der Waals surface area contributed by atoms with Gasteiger partial charge in [-0.2, -0.15) is 0 Å². The van der Waals surface area contributed by atoms with Crippen molar-refractivity contribution >= 4 is 34.4 Å². The molecule has 0 bridgehead atoms. The van der Waals surface area contributed by atoms with E-state index >= 15 is 0 Å². The van der Waals surface area contributed by atoms with Crippen LogP contribution in [0.15, 0.2) is 47.3 Å². The Labute approximate surface area is 191 Å². The average Bonchev–Trinajstić information content (AvgIpc) is 2.81. The molecule has 33 heavy (non-hydrogen) atoms. The summed E-state index contributed by atoms with van der Waals surface area (Å²) in [6.07, 6.45) is 0.298. The second-order valence-electron chi connectivity index (χ2n) is 8.02. The maximum Gasteiger partial charge on any atom is 0.317 e. The quantitative estimate of drug-likeness (QED) is 0.310. The van der Waals surface area contributed by atoms with Crippen molar-refractivity contribution in [2.75, 3.05) is 12.4 Å². The first-order valence-electron chi connectivity index (χ1n) is 10.8. The van der Waals surface area contributed by atoms with Crippen molar-refractivity contribution in [1.82, 2.24) is 9.97 Å². The number of rotatable bonds is 8. The number of para-hydroxylation sites is 3. The van der Waals surface area contributed by atoms with Crippen LogP contribution in [0, 0.1) is 5.92 Å². The van der Waals surface area contributed by atoms with Crippen molar-refractivity contribution in [2.45, 2.75) is 39.5 Å². The number of carbonyl (C=O) groups excluding carboxylic acids is 3. The third-order valence-electron chi connectivity index (χ3n) is 5.52. The van der Waals surface area contributed by atoms with E-state index in [0.29, 0.717) is 23.1 Å². The third kappa shape index (κ3) is 5.16. The van der Waals surface area contributed by atoms with E-state index in [1.54, 1.807) is 24.3 Å². The lowest BCUT2D eigenvalue weighted by atomic mass is 9.95. The predicted molar refractivity (Wildman–Crippen MR) is 125 cm³/mol. The van der Waals surface area contributed by atoms with Gasteiger partial charge >= 0.3 is 5.97 Å². The van der Waals surface area contributed by atoms with Crippen molar-refractivity contribution in [2.24, 2.45) is 5.92 Å². The number of ketones is 1. The predicted octanol–water partition coefficient (Wildman–Crippen LogP) is 3.15. The standard InChI is InChI=1S/C25H27N3O5/c1-5-15-9-8-10-16(14(2)3)21(15)28-24(31)22(29)17(25(32)33-4)13-20-23(30)27-19-12-7-6-11-18(19)26-20/h6-12,14,17H,5,13H2,1-4H3,(H,27,30)(H,28,31). The Bertz CT molecular complexity index is 1260. The SMILES string of the molecule is CCc1cccc(C(C)C)c1NC(=O)C(=O)C(Cc1nc2ccccc2[nH]c1=O)C(=O)OC. The Morgan fingerprint density at radius 1 is 1.09 bits per heavy atom. The van der Waals surface area contributed by atoms with Crippen molar-refractivity contribution in [3.8, 4) is 0 Å². The minimum absolute atomic E-state index is 0.0259. The largest absolute Gasteiger partial charge is 0.468 e. The highest BCUT2D eigenvalue weighted by atomic mass is 16.5. The van der Waals surface area contributed by atoms with E-state index in [1.807, 2.05) is 39.0 Å². The molecule has 0 aliphatic carbocycles. The third-order valence-corrected chi connectivity index (χ3v) is 5.52. The summed E-state index contributed by atoms with van der Waals surface area (Å²) in [5.41, 5.74) is 2.81. The lowest BCUT2D eigenvalue weighted by Gasteiger charge is -2.18. The molecule has 0 aliphatic rings. The summed E-state index contributed by atoms with van der Waals surface area (Å²) >= 11 is 0. The van der Waals surface area contributed by atoms with Gasteiger partial charge in [-0.15, -0.1) is 0 Å². The van der Waals surface area contributed by atoms with Gasteiger partial charge in [-0.05, 0) is 35.6 Å². The number of fused-ring (bicyclic) bond motifs is 1. The molecule has 0 spiro atoms. The number of nitrogens with zero attached hydrogens (tertiary/aromatic N) is 1. The zero-order valence-electron chi connectivity index (χ0n) is 19.1. The molecule has 3 rings (SSSR count). The summed E-state index contributed by atoms with van der Waals surface area (Å²) < 4.78 is 4.76. The highest BCUT2D eigenvalue weighted by Gasteiger charge is 2.34. The molecule has 1 amide bonds. The van der Waals surface area contributed by atoms with Gasteiger partial charge in [-0.25, -0.2) is 4.98 Å². The molecule has 2 aromatic carbocycles. The van der Waals surface area contributed by atoms with Gasteiger partial charge in [0.25, 0.3) is 11.5 Å². The van der Waals surface area contributed by atoms with Crippen LogP contribution < -0.4 is 10.9 Å². The molecule has 0 aliphatic heterocycles. The molecule has 1 atom stereocenters. The van der Waals surface area contributed by atoms with Crippen LogP contribution in [0.25, 0.3) is 11.0 Å². The smallest absolute Gasteiger partial charge is 0.317 e. The molecule has 3 aromatic rings. The van der Waals surface area contributed by atoms with Crippen molar-refractivity contribution < 1.29 is 19.1 Å². The highest BCUT2D eigenvalue weighted by Crippen LogP contribution is 2.28. The number of methoxy groups -OCH3 is 1. The highest BCUT2D eigenvalue weighted by molar-refractivity contribution is 6.44. The first kappa shape index (κ1) is 23.8. The number of esters is 1. The molecule has 0 radical (unpaired) electrons. The van der Waals surface area contributed by atoms with Gasteiger partial charge in [0.05, 0.1) is 18.1 Å². The van der Waals surface area contributed by atoms with Crippen LogP contribution in [0.5, 0.6) is 0 Å². The van der Waals surface area contributed by atoms with E-state index in [9.17, 15) is 19.2 Å². The molecule has 1 heterocycles. The zero-order valence-corrected chi connectivity index (χ0v) is 19.1. The van der Waals surface area contributed by atoms with Crippen LogP contribution in [0.1, 0.15) is 43.5 Å². The van der Waals surface area contributed by atoms with Gasteiger partial charge in [0.15, 0.2) is 0 Å². The maximum absolute atomic E-state index is 13.1. The van der Waals surface area contributed by atoms with E-state index in [1.165, 1.54) is 0 Å². The molecule has 1 aromatic heterocycles. The first-order chi connectivity index (χ1) is 15.8. The molecule has 1 unspecified atom stereocenters. The number of aromatic amines is 1. The average molecular weight is 450 g/mol. The number of hydrogen-bond donors (Lipinski definition) is 2. The number of H-pyrrole nitrogens is 1. The molecule has 172 valence electrons. The topological polar surface area (TPSA) is 118 Å². The summed E-state index contributed by atoms with van der Waals surface area (Å²) in [7, 11) is 1.13. The van der Waals surface area contributed by atoms with Gasteiger partial charge in [-0.3, -0.25) is 19.2 Å². The molecule has 8 nitrogen and oxygen atoms in total. The number of aromatic nitrogens is 2. The number of Topliss-reactive ketones (excluding diaryl/α,β-unsaturated/α-hetero) is 1. The number of ether oxygens (including phenoxy) is 1. The molecular formula is C25H27N3O5. The van der Waals surface area contributed by atoms with E-state index in [-0.39, 0.29) is 18.0 Å². The van der Waals surface area contributed by atoms with Crippen molar-refractivity contribution in [3.63, 3.8) is 0 Å². The summed E-state index contributed by atoms with van der Waals surface area (Å²) in [5.74, 6) is -4.22. The van der Waals surface area contributed by atoms with Crippen LogP contribution in [0.3, 0.4) is 0 Å². The van der Waals surface area contributed by atoms with Gasteiger partial charge in [-0.1, -0.05) is 51.1 Å². The Morgan fingerprint density at radius 3 is 2.48 bits per heavy atom. The minimum Gasteiger partial charge on any atom is -0.468 e. The Hall–Kier alpha value is -3.81. The first-order valence-corrected chi connectivity index (χ1v) is 10.8. The molecule has 2 N–H and O–H groups in total. The fourth-order valence-corrected chi connectivity index (χ4v) is 3.71. The van der Waals surface area contributed by atoms with E-state index in [4.69, 9.17) is 4.74 Å². The Kier molecular flexibility index (Phi) is 7.37. The van der Waals surface area contributed by atoms with Crippen LogP contribution in [0.2, 0.25) is 0 Å². The number of amides is 1. The number of nitrogens with one attached hydrogen (secondary N) is 2. The normalized spacial score (nSPS) is 11.9. The number of anilines is 1. The van der Waals surface area contributed by atoms with Crippen molar-refractivity contribution in [3.05, 3.63) is 69.6 Å². The number of benzene rings is 2. The summed E-state index contributed by atoms with van der Waals surface area (Å²) in [6.45, 7) is 5.92. The summed E-state index contributed by atoms with van der Waals surface area (Å²) in [5, 5.41) is 2.70. The zero-order chi connectivity index (χ0) is 24.1. The lowest BCUT2D eigenvalue weighted by molar-refractivity contribution is -0.152. The van der Waals surface area contributed by atoms with Crippen LogP contribution >= 0.6 is 0 Å². The fourth-order valence-electron chi connectivity index (χ4n) is 3.71. The second-order valence-corrected chi connectivity index (χ2v) is 8.02.